The molecule has 0 aromatic heterocycles. The van der Waals surface area contributed by atoms with Gasteiger partial charge in [-0.3, -0.25) is 14.5 Å². The molecule has 1 aliphatic rings. The number of carbonyl (C=O) groups excluding carboxylic acids is 2. The largest absolute Gasteiger partial charge is 0.497 e. The van der Waals surface area contributed by atoms with Gasteiger partial charge in [0, 0.05) is 11.4 Å². The van der Waals surface area contributed by atoms with E-state index in [-0.39, 0.29) is 11.5 Å². The summed E-state index contributed by atoms with van der Waals surface area (Å²) < 4.78 is 5.23. The van der Waals surface area contributed by atoms with Gasteiger partial charge in [-0.2, -0.15) is 5.26 Å². The lowest BCUT2D eigenvalue weighted by Gasteiger charge is -2.19. The summed E-state index contributed by atoms with van der Waals surface area (Å²) in [5.41, 5.74) is 3.16. The van der Waals surface area contributed by atoms with E-state index in [1.54, 1.807) is 55.6 Å². The summed E-state index contributed by atoms with van der Waals surface area (Å²) in [5, 5.41) is 12.6. The van der Waals surface area contributed by atoms with Gasteiger partial charge in [-0.1, -0.05) is 59.8 Å². The average molecular weight is 470 g/mol. The topological polar surface area (TPSA) is 82.4 Å². The molecular weight excluding hydrogens is 446 g/mol. The molecule has 1 saturated heterocycles. The first kappa shape index (κ1) is 23.1. The Morgan fingerprint density at radius 1 is 1.09 bits per heavy atom. The molecule has 6 nitrogen and oxygen atoms in total. The fourth-order valence-electron chi connectivity index (χ4n) is 3.72. The Morgan fingerprint density at radius 3 is 2.47 bits per heavy atom. The molecule has 1 N–H and O–H groups in total. The molecule has 1 aliphatic heterocycles. The molecule has 34 heavy (non-hydrogen) atoms. The van der Waals surface area contributed by atoms with Crippen LogP contribution in [0, 0.1) is 18.3 Å². The minimum absolute atomic E-state index is 0.107. The van der Waals surface area contributed by atoms with E-state index in [2.05, 4.69) is 5.32 Å². The van der Waals surface area contributed by atoms with Crippen molar-refractivity contribution in [1.29, 1.82) is 5.26 Å². The van der Waals surface area contributed by atoms with E-state index in [4.69, 9.17) is 4.74 Å². The Morgan fingerprint density at radius 2 is 1.82 bits per heavy atom. The van der Waals surface area contributed by atoms with Gasteiger partial charge in [0.25, 0.3) is 5.91 Å². The molecule has 1 heterocycles. The standard InChI is InChI=1S/C27H23N3O3S/c1-18-7-6-8-19(15-18)16-24-26(32)30(21-11-13-22(33-2)14-12-21)27(34-24)23(17-28)25(31)29-20-9-4-3-5-10-20/h3-15,24H,16H2,1-2H3,(H,29,31)/b27-23-. The van der Waals surface area contributed by atoms with Crippen LogP contribution in [0.15, 0.2) is 89.5 Å². The van der Waals surface area contributed by atoms with Crippen molar-refractivity contribution >= 4 is 35.0 Å². The van der Waals surface area contributed by atoms with E-state index < -0.39 is 11.2 Å². The first-order chi connectivity index (χ1) is 16.5. The number of hydrogen-bond acceptors (Lipinski definition) is 5. The predicted octanol–water partition coefficient (Wildman–Crippen LogP) is 5.07. The summed E-state index contributed by atoms with van der Waals surface area (Å²) in [6, 6.07) is 25.9. The summed E-state index contributed by atoms with van der Waals surface area (Å²) in [6.45, 7) is 2.00. The van der Waals surface area contributed by atoms with Crippen LogP contribution in [0.5, 0.6) is 5.75 Å². The molecule has 170 valence electrons. The molecule has 3 aromatic rings. The maximum atomic E-state index is 13.6. The number of carbonyl (C=O) groups is 2. The predicted molar refractivity (Wildman–Crippen MR) is 134 cm³/mol. The number of nitrogens with zero attached hydrogens (tertiary/aromatic N) is 2. The minimum Gasteiger partial charge on any atom is -0.497 e. The molecule has 4 rings (SSSR count). The number of anilines is 2. The Bertz CT molecular complexity index is 1280. The third kappa shape index (κ3) is 4.98. The monoisotopic (exact) mass is 469 g/mol. The van der Waals surface area contributed by atoms with Gasteiger partial charge < -0.3 is 10.1 Å². The Balaban J connectivity index is 1.73. The molecule has 1 atom stereocenters. The second-order valence-corrected chi connectivity index (χ2v) is 8.97. The van der Waals surface area contributed by atoms with Crippen LogP contribution in [-0.2, 0) is 16.0 Å². The van der Waals surface area contributed by atoms with Crippen LogP contribution in [0.2, 0.25) is 0 Å². The van der Waals surface area contributed by atoms with E-state index in [0.717, 1.165) is 11.1 Å². The van der Waals surface area contributed by atoms with Gasteiger partial charge in [0.15, 0.2) is 0 Å². The Kier molecular flexibility index (Phi) is 7.00. The highest BCUT2D eigenvalue weighted by Crippen LogP contribution is 2.42. The number of hydrogen-bond donors (Lipinski definition) is 1. The van der Waals surface area contributed by atoms with Crippen molar-refractivity contribution in [3.05, 3.63) is 101 Å². The Hall–Kier alpha value is -4.02. The van der Waals surface area contributed by atoms with Gasteiger partial charge in [0.1, 0.15) is 22.4 Å². The number of benzene rings is 3. The van der Waals surface area contributed by atoms with E-state index in [1.165, 1.54) is 16.7 Å². The molecule has 0 radical (unpaired) electrons. The summed E-state index contributed by atoms with van der Waals surface area (Å²) in [6.07, 6.45) is 0.486. The highest BCUT2D eigenvalue weighted by Gasteiger charge is 2.40. The molecule has 1 fully saturated rings. The van der Waals surface area contributed by atoms with Crippen molar-refractivity contribution in [2.24, 2.45) is 0 Å². The van der Waals surface area contributed by atoms with Crippen molar-refractivity contribution in [2.45, 2.75) is 18.6 Å². The van der Waals surface area contributed by atoms with Gasteiger partial charge in [0.2, 0.25) is 5.91 Å². The fraction of sp³-hybridized carbons (Fsp3) is 0.148. The molecule has 7 heteroatoms. The molecule has 0 bridgehead atoms. The van der Waals surface area contributed by atoms with Crippen LogP contribution in [0.25, 0.3) is 0 Å². The maximum absolute atomic E-state index is 13.6. The summed E-state index contributed by atoms with van der Waals surface area (Å²) >= 11 is 1.25. The maximum Gasteiger partial charge on any atom is 0.269 e. The van der Waals surface area contributed by atoms with Crippen LogP contribution in [-0.4, -0.2) is 24.2 Å². The average Bonchev–Trinajstić information content (AvgIpc) is 3.15. The van der Waals surface area contributed by atoms with E-state index in [1.807, 2.05) is 43.3 Å². The number of nitriles is 1. The highest BCUT2D eigenvalue weighted by molar-refractivity contribution is 8.05. The smallest absolute Gasteiger partial charge is 0.269 e. The van der Waals surface area contributed by atoms with Crippen molar-refractivity contribution in [3.8, 4) is 11.8 Å². The number of aryl methyl sites for hydroxylation is 1. The number of methoxy groups -OCH3 is 1. The van der Waals surface area contributed by atoms with Crippen molar-refractivity contribution < 1.29 is 14.3 Å². The lowest BCUT2D eigenvalue weighted by Crippen LogP contribution is -2.30. The van der Waals surface area contributed by atoms with Crippen molar-refractivity contribution in [2.75, 3.05) is 17.3 Å². The normalized spacial score (nSPS) is 16.7. The summed E-state index contributed by atoms with van der Waals surface area (Å²) in [4.78, 5) is 28.1. The highest BCUT2D eigenvalue weighted by atomic mass is 32.2. The SMILES string of the molecule is COc1ccc(N2C(=O)C(Cc3cccc(C)c3)S/C2=C(/C#N)C(=O)Nc2ccccc2)cc1. The molecule has 0 saturated carbocycles. The third-order valence-corrected chi connectivity index (χ3v) is 6.63. The van der Waals surface area contributed by atoms with Crippen molar-refractivity contribution in [3.63, 3.8) is 0 Å². The summed E-state index contributed by atoms with van der Waals surface area (Å²) in [5.74, 6) is -0.0853. The quantitative estimate of drug-likeness (QED) is 0.403. The van der Waals surface area contributed by atoms with E-state index >= 15 is 0 Å². The number of amides is 2. The zero-order valence-corrected chi connectivity index (χ0v) is 19.6. The van der Waals surface area contributed by atoms with Crippen LogP contribution >= 0.6 is 11.8 Å². The number of ether oxygens (including phenoxy) is 1. The van der Waals surface area contributed by atoms with Crippen LogP contribution in [0.3, 0.4) is 0 Å². The van der Waals surface area contributed by atoms with Gasteiger partial charge in [-0.05, 0) is 55.3 Å². The van der Waals surface area contributed by atoms with Gasteiger partial charge in [-0.25, -0.2) is 0 Å². The zero-order valence-electron chi connectivity index (χ0n) is 18.8. The minimum atomic E-state index is -0.557. The first-order valence-corrected chi connectivity index (χ1v) is 11.6. The molecule has 0 spiro atoms. The lowest BCUT2D eigenvalue weighted by atomic mass is 10.1. The third-order valence-electron chi connectivity index (χ3n) is 5.37. The van der Waals surface area contributed by atoms with Gasteiger partial charge in [0.05, 0.1) is 12.4 Å². The second kappa shape index (κ2) is 10.3. The number of rotatable bonds is 6. The van der Waals surface area contributed by atoms with Crippen molar-refractivity contribution in [1.82, 2.24) is 0 Å². The summed E-state index contributed by atoms with van der Waals surface area (Å²) in [7, 11) is 1.57. The van der Waals surface area contributed by atoms with E-state index in [0.29, 0.717) is 28.6 Å². The van der Waals surface area contributed by atoms with Crippen LogP contribution in [0.4, 0.5) is 11.4 Å². The molecular formula is C27H23N3O3S. The molecule has 0 aliphatic carbocycles. The number of para-hydroxylation sites is 1. The Labute approximate surface area is 202 Å². The molecule has 1 unspecified atom stereocenters. The zero-order chi connectivity index (χ0) is 24.1. The first-order valence-electron chi connectivity index (χ1n) is 10.7. The fourth-order valence-corrected chi connectivity index (χ4v) is 5.03. The number of thioether (sulfide) groups is 1. The second-order valence-electron chi connectivity index (χ2n) is 7.78. The lowest BCUT2D eigenvalue weighted by molar-refractivity contribution is -0.117. The van der Waals surface area contributed by atoms with E-state index in [9.17, 15) is 14.9 Å². The van der Waals surface area contributed by atoms with Crippen LogP contribution < -0.4 is 15.0 Å². The van der Waals surface area contributed by atoms with Crippen LogP contribution in [0.1, 0.15) is 11.1 Å². The molecule has 2 amide bonds. The number of nitrogens with one attached hydrogen (secondary N) is 1. The molecule has 3 aromatic carbocycles. The van der Waals surface area contributed by atoms with Gasteiger partial charge >= 0.3 is 0 Å². The van der Waals surface area contributed by atoms with Gasteiger partial charge in [-0.15, -0.1) is 0 Å².